The normalized spacial score (nSPS) is 11.1. The fourth-order valence-corrected chi connectivity index (χ4v) is 2.64. The third kappa shape index (κ3) is 3.30. The van der Waals surface area contributed by atoms with E-state index in [0.717, 1.165) is 33.7 Å². The Morgan fingerprint density at radius 3 is 2.57 bits per heavy atom. The maximum absolute atomic E-state index is 6.33. The Morgan fingerprint density at radius 1 is 0.957 bits per heavy atom. The molecule has 1 heterocycles. The fraction of sp³-hybridized carbons (Fsp3) is 0.105. The Hall–Kier alpha value is -2.52. The summed E-state index contributed by atoms with van der Waals surface area (Å²) >= 11 is 6.33. The number of hydrogen-bond donors (Lipinski definition) is 0. The van der Waals surface area contributed by atoms with Crippen LogP contribution >= 0.6 is 11.6 Å². The number of fused-ring (bicyclic) bond motifs is 1. The summed E-state index contributed by atoms with van der Waals surface area (Å²) in [5.41, 5.74) is 2.62. The van der Waals surface area contributed by atoms with Crippen molar-refractivity contribution in [3.63, 3.8) is 0 Å². The molecule has 0 aliphatic carbocycles. The lowest BCUT2D eigenvalue weighted by Crippen LogP contribution is -1.90. The highest BCUT2D eigenvalue weighted by Crippen LogP contribution is 2.27. The first-order valence-corrected chi connectivity index (χ1v) is 7.54. The van der Waals surface area contributed by atoms with Crippen molar-refractivity contribution in [2.75, 3.05) is 14.2 Å². The number of ether oxygens (including phenoxy) is 2. The monoisotopic (exact) mass is 325 g/mol. The van der Waals surface area contributed by atoms with Gasteiger partial charge in [0.1, 0.15) is 11.5 Å². The highest BCUT2D eigenvalue weighted by Gasteiger charge is 2.04. The van der Waals surface area contributed by atoms with Crippen LogP contribution in [0.4, 0.5) is 0 Å². The minimum Gasteiger partial charge on any atom is -0.497 e. The molecule has 0 saturated carbocycles. The van der Waals surface area contributed by atoms with Crippen LogP contribution in [-0.4, -0.2) is 19.2 Å². The van der Waals surface area contributed by atoms with Crippen LogP contribution in [0.5, 0.6) is 11.5 Å². The van der Waals surface area contributed by atoms with Gasteiger partial charge in [0.15, 0.2) is 0 Å². The van der Waals surface area contributed by atoms with Crippen LogP contribution in [-0.2, 0) is 0 Å². The molecule has 2 aromatic carbocycles. The summed E-state index contributed by atoms with van der Waals surface area (Å²) in [6.45, 7) is 0. The SMILES string of the molecule is COc1ccc(/C=C/c2cc(Cl)c3ccccc3n2)c(OC)c1. The third-order valence-corrected chi connectivity index (χ3v) is 3.87. The average molecular weight is 326 g/mol. The third-order valence-electron chi connectivity index (χ3n) is 3.56. The molecule has 0 aliphatic heterocycles. The van der Waals surface area contributed by atoms with E-state index in [1.165, 1.54) is 0 Å². The van der Waals surface area contributed by atoms with Crippen LogP contribution in [0, 0.1) is 0 Å². The van der Waals surface area contributed by atoms with Crippen molar-refractivity contribution in [1.29, 1.82) is 0 Å². The van der Waals surface area contributed by atoms with Crippen molar-refractivity contribution in [3.05, 3.63) is 64.8 Å². The molecule has 0 unspecified atom stereocenters. The molecule has 3 nitrogen and oxygen atoms in total. The zero-order valence-corrected chi connectivity index (χ0v) is 13.7. The predicted octanol–water partition coefficient (Wildman–Crippen LogP) is 5.08. The molecule has 0 fully saturated rings. The summed E-state index contributed by atoms with van der Waals surface area (Å²) in [5, 5.41) is 1.64. The lowest BCUT2D eigenvalue weighted by Gasteiger charge is -2.07. The number of pyridine rings is 1. The van der Waals surface area contributed by atoms with Gasteiger partial charge in [-0.15, -0.1) is 0 Å². The smallest absolute Gasteiger partial charge is 0.129 e. The molecular formula is C19H16ClNO2. The van der Waals surface area contributed by atoms with Gasteiger partial charge >= 0.3 is 0 Å². The first-order chi connectivity index (χ1) is 11.2. The van der Waals surface area contributed by atoms with Gasteiger partial charge in [0.2, 0.25) is 0 Å². The summed E-state index contributed by atoms with van der Waals surface area (Å²) in [5.74, 6) is 1.50. The average Bonchev–Trinajstić information content (AvgIpc) is 2.60. The Bertz CT molecular complexity index is 874. The standard InChI is InChI=1S/C19H16ClNO2/c1-22-15-10-8-13(19(12-15)23-2)7-9-14-11-17(20)16-5-3-4-6-18(16)21-14/h3-12H,1-2H3/b9-7+. The summed E-state index contributed by atoms with van der Waals surface area (Å²) < 4.78 is 10.6. The van der Waals surface area contributed by atoms with E-state index < -0.39 is 0 Å². The van der Waals surface area contributed by atoms with E-state index in [9.17, 15) is 0 Å². The molecule has 3 aromatic rings. The van der Waals surface area contributed by atoms with Gasteiger partial charge in [-0.05, 0) is 36.4 Å². The molecule has 0 bridgehead atoms. The van der Waals surface area contributed by atoms with Crippen molar-refractivity contribution in [1.82, 2.24) is 4.98 Å². The van der Waals surface area contributed by atoms with Crippen molar-refractivity contribution in [3.8, 4) is 11.5 Å². The van der Waals surface area contributed by atoms with E-state index in [4.69, 9.17) is 21.1 Å². The van der Waals surface area contributed by atoms with Gasteiger partial charge < -0.3 is 9.47 Å². The molecule has 23 heavy (non-hydrogen) atoms. The molecule has 0 aliphatic rings. The number of methoxy groups -OCH3 is 2. The summed E-state index contributed by atoms with van der Waals surface area (Å²) in [4.78, 5) is 4.60. The number of hydrogen-bond acceptors (Lipinski definition) is 3. The first-order valence-electron chi connectivity index (χ1n) is 7.16. The van der Waals surface area contributed by atoms with Crippen molar-refractivity contribution in [2.45, 2.75) is 0 Å². The van der Waals surface area contributed by atoms with Gasteiger partial charge in [0.05, 0.1) is 30.5 Å². The highest BCUT2D eigenvalue weighted by atomic mass is 35.5. The minimum absolute atomic E-state index is 0.692. The number of nitrogens with zero attached hydrogens (tertiary/aromatic N) is 1. The van der Waals surface area contributed by atoms with Crippen molar-refractivity contribution < 1.29 is 9.47 Å². The number of aromatic nitrogens is 1. The van der Waals surface area contributed by atoms with Crippen LogP contribution in [0.15, 0.2) is 48.5 Å². The van der Waals surface area contributed by atoms with Crippen molar-refractivity contribution >= 4 is 34.7 Å². The fourth-order valence-electron chi connectivity index (χ4n) is 2.37. The van der Waals surface area contributed by atoms with Crippen LogP contribution < -0.4 is 9.47 Å². The van der Waals surface area contributed by atoms with Gasteiger partial charge in [-0.25, -0.2) is 4.98 Å². The molecule has 3 rings (SSSR count). The largest absolute Gasteiger partial charge is 0.497 e. The molecule has 0 saturated heterocycles. The van der Waals surface area contributed by atoms with Crippen LogP contribution in [0.25, 0.3) is 23.1 Å². The topological polar surface area (TPSA) is 31.4 Å². The zero-order chi connectivity index (χ0) is 16.2. The van der Waals surface area contributed by atoms with E-state index in [-0.39, 0.29) is 0 Å². The first kappa shape index (κ1) is 15.4. The van der Waals surface area contributed by atoms with E-state index in [0.29, 0.717) is 5.02 Å². The molecule has 0 amide bonds. The van der Waals surface area contributed by atoms with E-state index in [1.807, 2.05) is 60.7 Å². The number of rotatable bonds is 4. The predicted molar refractivity (Wildman–Crippen MR) is 95.2 cm³/mol. The molecule has 0 N–H and O–H groups in total. The van der Waals surface area contributed by atoms with Crippen LogP contribution in [0.1, 0.15) is 11.3 Å². The minimum atomic E-state index is 0.692. The quantitative estimate of drug-likeness (QED) is 0.670. The number of halogens is 1. The number of benzene rings is 2. The molecule has 4 heteroatoms. The summed E-state index contributed by atoms with van der Waals surface area (Å²) in [7, 11) is 3.27. The zero-order valence-electron chi connectivity index (χ0n) is 12.9. The van der Waals surface area contributed by atoms with Gasteiger partial charge in [-0.3, -0.25) is 0 Å². The lowest BCUT2D eigenvalue weighted by atomic mass is 10.1. The van der Waals surface area contributed by atoms with Gasteiger partial charge in [-0.2, -0.15) is 0 Å². The van der Waals surface area contributed by atoms with Gasteiger partial charge in [-0.1, -0.05) is 29.8 Å². The Labute approximate surface area is 140 Å². The maximum atomic E-state index is 6.33. The second kappa shape index (κ2) is 6.71. The molecular weight excluding hydrogens is 310 g/mol. The second-order valence-electron chi connectivity index (χ2n) is 4.99. The van der Waals surface area contributed by atoms with Gasteiger partial charge in [0.25, 0.3) is 0 Å². The maximum Gasteiger partial charge on any atom is 0.129 e. The van der Waals surface area contributed by atoms with E-state index in [2.05, 4.69) is 4.98 Å². The molecule has 116 valence electrons. The molecule has 0 radical (unpaired) electrons. The Balaban J connectivity index is 1.97. The van der Waals surface area contributed by atoms with Crippen LogP contribution in [0.2, 0.25) is 5.02 Å². The summed E-state index contributed by atoms with van der Waals surface area (Å²) in [6, 6.07) is 15.4. The molecule has 0 spiro atoms. The molecule has 0 atom stereocenters. The Morgan fingerprint density at radius 2 is 1.78 bits per heavy atom. The highest BCUT2D eigenvalue weighted by molar-refractivity contribution is 6.35. The van der Waals surface area contributed by atoms with E-state index >= 15 is 0 Å². The Kier molecular flexibility index (Phi) is 4.49. The second-order valence-corrected chi connectivity index (χ2v) is 5.39. The lowest BCUT2D eigenvalue weighted by molar-refractivity contribution is 0.394. The van der Waals surface area contributed by atoms with Gasteiger partial charge in [0, 0.05) is 17.0 Å². The van der Waals surface area contributed by atoms with Crippen molar-refractivity contribution in [2.24, 2.45) is 0 Å². The van der Waals surface area contributed by atoms with E-state index in [1.54, 1.807) is 14.2 Å². The number of para-hydroxylation sites is 1. The molecule has 1 aromatic heterocycles. The summed E-state index contributed by atoms with van der Waals surface area (Å²) in [6.07, 6.45) is 3.87. The van der Waals surface area contributed by atoms with Crippen LogP contribution in [0.3, 0.4) is 0 Å².